The minimum absolute atomic E-state index is 0.128. The number of hydrogen-bond donors (Lipinski definition) is 2. The van der Waals surface area contributed by atoms with Crippen LogP contribution in [0.3, 0.4) is 0 Å². The highest BCUT2D eigenvalue weighted by Crippen LogP contribution is 2.22. The van der Waals surface area contributed by atoms with Crippen LogP contribution in [0.25, 0.3) is 0 Å². The number of benzene rings is 1. The maximum absolute atomic E-state index is 11.9. The first-order valence-electron chi connectivity index (χ1n) is 7.63. The Labute approximate surface area is 136 Å². The van der Waals surface area contributed by atoms with E-state index in [1.165, 1.54) is 0 Å². The molecule has 1 aromatic rings. The predicted octanol–water partition coefficient (Wildman–Crippen LogP) is 2.76. The standard InChI is InChI=1S/C16H23ClN2O3/c1-21-14-5-4-12(15(17)11-14)6-8-18-16(20)19-13-3-2-9-22-10-7-13/h4-5,11,13H,2-3,6-10H2,1H3,(H2,18,19,20). The second-order valence-corrected chi connectivity index (χ2v) is 5.75. The third kappa shape index (κ3) is 5.39. The number of urea groups is 1. The van der Waals surface area contributed by atoms with Gasteiger partial charge in [-0.05, 0) is 43.4 Å². The molecule has 6 heteroatoms. The molecule has 122 valence electrons. The summed E-state index contributed by atoms with van der Waals surface area (Å²) in [6.07, 6.45) is 3.52. The van der Waals surface area contributed by atoms with Gasteiger partial charge in [-0.25, -0.2) is 4.79 Å². The van der Waals surface area contributed by atoms with Crippen molar-refractivity contribution in [1.82, 2.24) is 10.6 Å². The van der Waals surface area contributed by atoms with E-state index in [0.29, 0.717) is 24.6 Å². The van der Waals surface area contributed by atoms with Crippen LogP contribution >= 0.6 is 11.6 Å². The molecule has 2 amide bonds. The quantitative estimate of drug-likeness (QED) is 0.874. The number of halogens is 1. The van der Waals surface area contributed by atoms with Crippen molar-refractivity contribution in [2.45, 2.75) is 31.7 Å². The number of carbonyl (C=O) groups excluding carboxylic acids is 1. The Balaban J connectivity index is 1.72. The van der Waals surface area contributed by atoms with Gasteiger partial charge in [-0.15, -0.1) is 0 Å². The Hall–Kier alpha value is -1.46. The van der Waals surface area contributed by atoms with Gasteiger partial charge in [0.25, 0.3) is 0 Å². The van der Waals surface area contributed by atoms with E-state index in [9.17, 15) is 4.79 Å². The molecule has 5 nitrogen and oxygen atoms in total. The number of methoxy groups -OCH3 is 1. The zero-order valence-corrected chi connectivity index (χ0v) is 13.6. The van der Waals surface area contributed by atoms with Crippen LogP contribution in [0.2, 0.25) is 5.02 Å². The molecular formula is C16H23ClN2O3. The Kier molecular flexibility index (Phi) is 6.80. The third-order valence-electron chi connectivity index (χ3n) is 3.73. The number of carbonyl (C=O) groups is 1. The summed E-state index contributed by atoms with van der Waals surface area (Å²) in [7, 11) is 1.61. The maximum atomic E-state index is 11.9. The molecule has 0 spiro atoms. The smallest absolute Gasteiger partial charge is 0.315 e. The first-order chi connectivity index (χ1) is 10.7. The SMILES string of the molecule is COc1ccc(CCNC(=O)NC2CCCOCC2)c(Cl)c1. The highest BCUT2D eigenvalue weighted by atomic mass is 35.5. The van der Waals surface area contributed by atoms with E-state index in [-0.39, 0.29) is 12.1 Å². The van der Waals surface area contributed by atoms with E-state index < -0.39 is 0 Å². The molecule has 0 saturated carbocycles. The lowest BCUT2D eigenvalue weighted by Crippen LogP contribution is -2.42. The summed E-state index contributed by atoms with van der Waals surface area (Å²) >= 11 is 6.18. The van der Waals surface area contributed by atoms with Crippen LogP contribution in [0.5, 0.6) is 5.75 Å². The van der Waals surface area contributed by atoms with Crippen LogP contribution < -0.4 is 15.4 Å². The zero-order valence-electron chi connectivity index (χ0n) is 12.9. The fourth-order valence-corrected chi connectivity index (χ4v) is 2.72. The monoisotopic (exact) mass is 326 g/mol. The Bertz CT molecular complexity index is 488. The molecular weight excluding hydrogens is 304 g/mol. The molecule has 0 aliphatic carbocycles. The number of hydrogen-bond acceptors (Lipinski definition) is 3. The van der Waals surface area contributed by atoms with Gasteiger partial charge in [0, 0.05) is 30.8 Å². The Morgan fingerprint density at radius 2 is 2.27 bits per heavy atom. The highest BCUT2D eigenvalue weighted by Gasteiger charge is 2.14. The van der Waals surface area contributed by atoms with E-state index >= 15 is 0 Å². The molecule has 0 radical (unpaired) electrons. The molecule has 22 heavy (non-hydrogen) atoms. The van der Waals surface area contributed by atoms with Gasteiger partial charge < -0.3 is 20.1 Å². The molecule has 0 bridgehead atoms. The van der Waals surface area contributed by atoms with Gasteiger partial charge in [0.2, 0.25) is 0 Å². The fraction of sp³-hybridized carbons (Fsp3) is 0.562. The lowest BCUT2D eigenvalue weighted by Gasteiger charge is -2.16. The highest BCUT2D eigenvalue weighted by molar-refractivity contribution is 6.31. The minimum atomic E-state index is -0.128. The molecule has 0 aromatic heterocycles. The molecule has 1 fully saturated rings. The number of ether oxygens (including phenoxy) is 2. The van der Waals surface area contributed by atoms with Crippen molar-refractivity contribution < 1.29 is 14.3 Å². The summed E-state index contributed by atoms with van der Waals surface area (Å²) in [5.74, 6) is 0.732. The summed E-state index contributed by atoms with van der Waals surface area (Å²) in [6, 6.07) is 5.64. The van der Waals surface area contributed by atoms with Crippen molar-refractivity contribution in [2.24, 2.45) is 0 Å². The summed E-state index contributed by atoms with van der Waals surface area (Å²) in [6.45, 7) is 2.04. The Morgan fingerprint density at radius 3 is 3.05 bits per heavy atom. The van der Waals surface area contributed by atoms with Crippen molar-refractivity contribution in [3.8, 4) is 5.75 Å². The number of amides is 2. The molecule has 2 N–H and O–H groups in total. The molecule has 1 aromatic carbocycles. The van der Waals surface area contributed by atoms with Crippen LogP contribution in [-0.2, 0) is 11.2 Å². The summed E-state index contributed by atoms with van der Waals surface area (Å²) in [5.41, 5.74) is 0.991. The van der Waals surface area contributed by atoms with Crippen LogP contribution in [0.1, 0.15) is 24.8 Å². The van der Waals surface area contributed by atoms with Crippen LogP contribution in [0.4, 0.5) is 4.79 Å². The van der Waals surface area contributed by atoms with Gasteiger partial charge in [-0.3, -0.25) is 0 Å². The van der Waals surface area contributed by atoms with E-state index in [1.54, 1.807) is 13.2 Å². The second-order valence-electron chi connectivity index (χ2n) is 5.35. The van der Waals surface area contributed by atoms with Crippen molar-refractivity contribution in [2.75, 3.05) is 26.9 Å². The van der Waals surface area contributed by atoms with Gasteiger partial charge in [0.1, 0.15) is 5.75 Å². The number of nitrogens with one attached hydrogen (secondary N) is 2. The van der Waals surface area contributed by atoms with Gasteiger partial charge in [0.15, 0.2) is 0 Å². The van der Waals surface area contributed by atoms with Gasteiger partial charge in [0.05, 0.1) is 7.11 Å². The lowest BCUT2D eigenvalue weighted by molar-refractivity contribution is 0.143. The summed E-state index contributed by atoms with van der Waals surface area (Å²) < 4.78 is 10.5. The van der Waals surface area contributed by atoms with Crippen molar-refractivity contribution in [1.29, 1.82) is 0 Å². The normalized spacial score (nSPS) is 18.4. The minimum Gasteiger partial charge on any atom is -0.497 e. The van der Waals surface area contributed by atoms with Crippen molar-refractivity contribution in [3.63, 3.8) is 0 Å². The largest absolute Gasteiger partial charge is 0.497 e. The molecule has 1 heterocycles. The second kappa shape index (κ2) is 8.86. The Morgan fingerprint density at radius 1 is 1.41 bits per heavy atom. The average Bonchev–Trinajstić information content (AvgIpc) is 2.77. The molecule has 1 saturated heterocycles. The first-order valence-corrected chi connectivity index (χ1v) is 8.01. The predicted molar refractivity (Wildman–Crippen MR) is 86.7 cm³/mol. The van der Waals surface area contributed by atoms with Crippen molar-refractivity contribution in [3.05, 3.63) is 28.8 Å². The lowest BCUT2D eigenvalue weighted by atomic mass is 10.1. The van der Waals surface area contributed by atoms with Crippen LogP contribution in [0, 0.1) is 0 Å². The third-order valence-corrected chi connectivity index (χ3v) is 4.08. The zero-order chi connectivity index (χ0) is 15.8. The van der Waals surface area contributed by atoms with Gasteiger partial charge in [-0.2, -0.15) is 0 Å². The fourth-order valence-electron chi connectivity index (χ4n) is 2.45. The molecule has 1 aliphatic rings. The average molecular weight is 327 g/mol. The van der Waals surface area contributed by atoms with E-state index in [0.717, 1.165) is 37.2 Å². The topological polar surface area (TPSA) is 59.6 Å². The molecule has 2 rings (SSSR count). The first kappa shape index (κ1) is 16.9. The van der Waals surface area contributed by atoms with Gasteiger partial charge in [-0.1, -0.05) is 17.7 Å². The summed E-state index contributed by atoms with van der Waals surface area (Å²) in [4.78, 5) is 11.9. The molecule has 1 atom stereocenters. The van der Waals surface area contributed by atoms with E-state index in [4.69, 9.17) is 21.1 Å². The van der Waals surface area contributed by atoms with E-state index in [2.05, 4.69) is 10.6 Å². The molecule has 1 unspecified atom stereocenters. The van der Waals surface area contributed by atoms with Gasteiger partial charge >= 0.3 is 6.03 Å². The van der Waals surface area contributed by atoms with Crippen LogP contribution in [-0.4, -0.2) is 38.9 Å². The summed E-state index contributed by atoms with van der Waals surface area (Å²) in [5, 5.41) is 6.52. The number of rotatable bonds is 5. The molecule has 1 aliphatic heterocycles. The van der Waals surface area contributed by atoms with Crippen molar-refractivity contribution >= 4 is 17.6 Å². The van der Waals surface area contributed by atoms with Crippen LogP contribution in [0.15, 0.2) is 18.2 Å². The maximum Gasteiger partial charge on any atom is 0.315 e. The van der Waals surface area contributed by atoms with E-state index in [1.807, 2.05) is 12.1 Å².